The summed E-state index contributed by atoms with van der Waals surface area (Å²) in [5, 5.41) is 19.7. The van der Waals surface area contributed by atoms with Gasteiger partial charge in [-0.3, -0.25) is 9.59 Å². The minimum Gasteiger partial charge on any atom is -0.494 e. The summed E-state index contributed by atoms with van der Waals surface area (Å²) in [5.41, 5.74) is 2.85. The highest BCUT2D eigenvalue weighted by Gasteiger charge is 2.07. The number of hydrogen-bond donors (Lipinski definition) is 0. The van der Waals surface area contributed by atoms with Crippen LogP contribution in [0.2, 0.25) is 0 Å². The van der Waals surface area contributed by atoms with Gasteiger partial charge in [0.05, 0.1) is 49.2 Å². The standard InChI is InChI=1S/C36H40N4O6/c1-3-43-35(41)13-7-9-25-45-29-19-15-27(16-20-29)37-39-33-23-24-34(32-12-6-5-11-31(32)33)40-38-28-17-21-30(22-18-28)46-26-10-8-14-36(42)44-4-2/h5-6,11-12,15-24H,3-4,7-10,13-14,25-26H2,1-2H3. The van der Waals surface area contributed by atoms with Gasteiger partial charge in [0.1, 0.15) is 11.5 Å². The van der Waals surface area contributed by atoms with Gasteiger partial charge in [-0.2, -0.15) is 10.2 Å². The monoisotopic (exact) mass is 624 g/mol. The van der Waals surface area contributed by atoms with Crippen molar-refractivity contribution in [2.24, 2.45) is 20.5 Å². The Kier molecular flexibility index (Phi) is 13.7. The molecule has 0 heterocycles. The third kappa shape index (κ3) is 11.1. The van der Waals surface area contributed by atoms with Crippen LogP contribution in [-0.4, -0.2) is 38.4 Å². The highest BCUT2D eigenvalue weighted by molar-refractivity contribution is 5.99. The molecule has 0 saturated heterocycles. The predicted octanol–water partition coefficient (Wildman–Crippen LogP) is 9.89. The number of rotatable bonds is 18. The Balaban J connectivity index is 1.30. The number of ether oxygens (including phenoxy) is 4. The van der Waals surface area contributed by atoms with Crippen LogP contribution in [0.1, 0.15) is 52.4 Å². The van der Waals surface area contributed by atoms with Crippen LogP contribution in [0.3, 0.4) is 0 Å². The number of nitrogens with zero attached hydrogens (tertiary/aromatic N) is 4. The molecule has 0 spiro atoms. The number of benzene rings is 4. The maximum Gasteiger partial charge on any atom is 0.305 e. The molecule has 4 aromatic rings. The molecule has 0 saturated carbocycles. The molecule has 0 aromatic heterocycles. The molecule has 10 heteroatoms. The summed E-state index contributed by atoms with van der Waals surface area (Å²) in [4.78, 5) is 22.8. The molecule has 0 bridgehead atoms. The Bertz CT molecular complexity index is 1480. The normalized spacial score (nSPS) is 11.3. The molecule has 0 aliphatic carbocycles. The summed E-state index contributed by atoms with van der Waals surface area (Å²) in [6, 6.07) is 26.5. The molecule has 0 unspecified atom stereocenters. The molecule has 0 radical (unpaired) electrons. The van der Waals surface area contributed by atoms with Crippen LogP contribution in [-0.2, 0) is 19.1 Å². The van der Waals surface area contributed by atoms with E-state index in [1.807, 2.05) is 84.9 Å². The first-order valence-corrected chi connectivity index (χ1v) is 15.7. The van der Waals surface area contributed by atoms with Crippen molar-refractivity contribution in [3.05, 3.63) is 84.9 Å². The third-order valence-corrected chi connectivity index (χ3v) is 6.80. The molecule has 0 atom stereocenters. The van der Waals surface area contributed by atoms with Crippen LogP contribution < -0.4 is 9.47 Å². The fraction of sp³-hybridized carbons (Fsp3) is 0.333. The fourth-order valence-corrected chi connectivity index (χ4v) is 4.47. The van der Waals surface area contributed by atoms with E-state index in [0.717, 1.165) is 59.3 Å². The van der Waals surface area contributed by atoms with Crippen molar-refractivity contribution in [1.29, 1.82) is 0 Å². The molecular formula is C36H40N4O6. The van der Waals surface area contributed by atoms with E-state index in [2.05, 4.69) is 20.5 Å². The van der Waals surface area contributed by atoms with Crippen molar-refractivity contribution in [1.82, 2.24) is 0 Å². The van der Waals surface area contributed by atoms with Gasteiger partial charge in [0.2, 0.25) is 0 Å². The van der Waals surface area contributed by atoms with Crippen molar-refractivity contribution in [2.45, 2.75) is 52.4 Å². The first-order valence-electron chi connectivity index (χ1n) is 15.7. The largest absolute Gasteiger partial charge is 0.494 e. The second kappa shape index (κ2) is 18.6. The zero-order chi connectivity index (χ0) is 32.4. The highest BCUT2D eigenvalue weighted by atomic mass is 16.5. The Morgan fingerprint density at radius 3 is 1.33 bits per heavy atom. The number of carbonyl (C=O) groups is 2. The molecule has 0 aliphatic heterocycles. The van der Waals surface area contributed by atoms with E-state index in [4.69, 9.17) is 18.9 Å². The molecule has 0 fully saturated rings. The minimum absolute atomic E-state index is 0.171. The van der Waals surface area contributed by atoms with E-state index < -0.39 is 0 Å². The quantitative estimate of drug-likeness (QED) is 0.0617. The molecule has 46 heavy (non-hydrogen) atoms. The van der Waals surface area contributed by atoms with Gasteiger partial charge < -0.3 is 18.9 Å². The lowest BCUT2D eigenvalue weighted by Crippen LogP contribution is -2.05. The van der Waals surface area contributed by atoms with Crippen LogP contribution in [0.15, 0.2) is 105 Å². The van der Waals surface area contributed by atoms with Crippen LogP contribution in [0.5, 0.6) is 11.5 Å². The van der Waals surface area contributed by atoms with Gasteiger partial charge in [-0.15, -0.1) is 10.2 Å². The first kappa shape index (κ1) is 33.8. The van der Waals surface area contributed by atoms with Crippen molar-refractivity contribution in [2.75, 3.05) is 26.4 Å². The molecule has 4 aromatic carbocycles. The van der Waals surface area contributed by atoms with E-state index in [1.54, 1.807) is 13.8 Å². The van der Waals surface area contributed by atoms with E-state index in [1.165, 1.54) is 0 Å². The third-order valence-electron chi connectivity index (χ3n) is 6.80. The summed E-state index contributed by atoms with van der Waals surface area (Å²) in [7, 11) is 0. The van der Waals surface area contributed by atoms with Gasteiger partial charge in [-0.05, 0) is 100 Å². The molecule has 0 amide bonds. The average molecular weight is 625 g/mol. The number of esters is 2. The molecule has 4 rings (SSSR count). The minimum atomic E-state index is -0.171. The number of hydrogen-bond acceptors (Lipinski definition) is 10. The zero-order valence-corrected chi connectivity index (χ0v) is 26.4. The lowest BCUT2D eigenvalue weighted by atomic mass is 10.1. The smallest absolute Gasteiger partial charge is 0.305 e. The van der Waals surface area contributed by atoms with Crippen molar-refractivity contribution in [3.63, 3.8) is 0 Å². The molecule has 240 valence electrons. The van der Waals surface area contributed by atoms with Gasteiger partial charge >= 0.3 is 11.9 Å². The Labute approximate surface area is 269 Å². The predicted molar refractivity (Wildman–Crippen MR) is 177 cm³/mol. The van der Waals surface area contributed by atoms with Crippen LogP contribution in [0, 0.1) is 0 Å². The maximum atomic E-state index is 11.4. The molecular weight excluding hydrogens is 584 g/mol. The fourth-order valence-electron chi connectivity index (χ4n) is 4.47. The van der Waals surface area contributed by atoms with Gasteiger partial charge in [0.25, 0.3) is 0 Å². The summed E-state index contributed by atoms with van der Waals surface area (Å²) in [6.45, 7) is 5.47. The topological polar surface area (TPSA) is 121 Å². The Hall–Kier alpha value is -5.12. The van der Waals surface area contributed by atoms with Crippen LogP contribution in [0.25, 0.3) is 10.8 Å². The Morgan fingerprint density at radius 2 is 0.935 bits per heavy atom. The molecule has 0 aliphatic rings. The average Bonchev–Trinajstić information content (AvgIpc) is 3.07. The van der Waals surface area contributed by atoms with Crippen LogP contribution >= 0.6 is 0 Å². The van der Waals surface area contributed by atoms with Crippen molar-refractivity contribution in [3.8, 4) is 11.5 Å². The van der Waals surface area contributed by atoms with E-state index in [-0.39, 0.29) is 11.9 Å². The summed E-state index contributed by atoms with van der Waals surface area (Å²) in [5.74, 6) is 1.13. The number of carbonyl (C=O) groups excluding carboxylic acids is 2. The highest BCUT2D eigenvalue weighted by Crippen LogP contribution is 2.35. The maximum absolute atomic E-state index is 11.4. The van der Waals surface area contributed by atoms with Crippen molar-refractivity contribution >= 4 is 45.5 Å². The summed E-state index contributed by atoms with van der Waals surface area (Å²) >= 11 is 0. The van der Waals surface area contributed by atoms with Crippen molar-refractivity contribution < 1.29 is 28.5 Å². The number of fused-ring (bicyclic) bond motifs is 1. The SMILES string of the molecule is CCOC(=O)CCCCOc1ccc(N=Nc2ccc(N=Nc3ccc(OCCCCC(=O)OCC)cc3)c3ccccc23)cc1. The molecule has 0 N–H and O–H groups in total. The Morgan fingerprint density at radius 1 is 0.522 bits per heavy atom. The van der Waals surface area contributed by atoms with Crippen LogP contribution in [0.4, 0.5) is 22.7 Å². The molecule has 10 nitrogen and oxygen atoms in total. The first-order chi connectivity index (χ1) is 22.6. The number of unbranched alkanes of at least 4 members (excludes halogenated alkanes) is 2. The second-order valence-electron chi connectivity index (χ2n) is 10.3. The number of azo groups is 2. The van der Waals surface area contributed by atoms with Gasteiger partial charge in [0, 0.05) is 23.6 Å². The van der Waals surface area contributed by atoms with E-state index >= 15 is 0 Å². The summed E-state index contributed by atoms with van der Waals surface area (Å²) < 4.78 is 21.4. The van der Waals surface area contributed by atoms with Gasteiger partial charge in [0.15, 0.2) is 0 Å². The zero-order valence-electron chi connectivity index (χ0n) is 26.4. The lowest BCUT2D eigenvalue weighted by molar-refractivity contribution is -0.144. The summed E-state index contributed by atoms with van der Waals surface area (Å²) in [6.07, 6.45) is 3.80. The second-order valence-corrected chi connectivity index (χ2v) is 10.3. The lowest BCUT2D eigenvalue weighted by Gasteiger charge is -2.07. The van der Waals surface area contributed by atoms with E-state index in [0.29, 0.717) is 50.6 Å². The van der Waals surface area contributed by atoms with E-state index in [9.17, 15) is 9.59 Å². The van der Waals surface area contributed by atoms with Gasteiger partial charge in [-0.1, -0.05) is 24.3 Å². The van der Waals surface area contributed by atoms with Gasteiger partial charge in [-0.25, -0.2) is 0 Å².